The Morgan fingerprint density at radius 1 is 1.20 bits per heavy atom. The third kappa shape index (κ3) is 5.17. The molecular weight excluding hydrogens is 268 g/mol. The molecule has 1 fully saturated rings. The number of carbonyl (C=O) groups is 1. The highest BCUT2D eigenvalue weighted by Crippen LogP contribution is 2.28. The molecule has 0 unspecified atom stereocenters. The Balaban J connectivity index is 1.63. The molecule has 110 valence electrons. The molecule has 0 saturated heterocycles. The van der Waals surface area contributed by atoms with Crippen molar-refractivity contribution >= 4 is 17.7 Å². The van der Waals surface area contributed by atoms with Crippen LogP contribution in [0.25, 0.3) is 0 Å². The van der Waals surface area contributed by atoms with Crippen LogP contribution in [0.3, 0.4) is 0 Å². The van der Waals surface area contributed by atoms with E-state index in [1.165, 1.54) is 11.3 Å². The molecule has 4 heteroatoms. The molecule has 20 heavy (non-hydrogen) atoms. The SMILES string of the molecule is NC1(CC(=O)NCCSc2ccccc2)CCCCC1. The number of nitrogens with two attached hydrogens (primary N) is 1. The lowest BCUT2D eigenvalue weighted by molar-refractivity contribution is -0.122. The molecule has 1 saturated carbocycles. The van der Waals surface area contributed by atoms with E-state index in [-0.39, 0.29) is 11.4 Å². The Kier molecular flexibility index (Phi) is 5.92. The van der Waals surface area contributed by atoms with Crippen LogP contribution in [0.4, 0.5) is 0 Å². The number of rotatable bonds is 6. The van der Waals surface area contributed by atoms with Crippen LogP contribution in [0, 0.1) is 0 Å². The topological polar surface area (TPSA) is 55.1 Å². The summed E-state index contributed by atoms with van der Waals surface area (Å²) >= 11 is 1.76. The summed E-state index contributed by atoms with van der Waals surface area (Å²) in [5, 5.41) is 2.99. The Hall–Kier alpha value is -1.00. The van der Waals surface area contributed by atoms with Gasteiger partial charge in [0.2, 0.25) is 5.91 Å². The molecule has 0 heterocycles. The first-order chi connectivity index (χ1) is 9.68. The number of thioether (sulfide) groups is 1. The summed E-state index contributed by atoms with van der Waals surface area (Å²) in [6.07, 6.45) is 6.02. The zero-order chi connectivity index (χ0) is 14.3. The van der Waals surface area contributed by atoms with Gasteiger partial charge in [0, 0.05) is 29.2 Å². The van der Waals surface area contributed by atoms with Gasteiger partial charge in [-0.2, -0.15) is 0 Å². The fraction of sp³-hybridized carbons (Fsp3) is 0.562. The van der Waals surface area contributed by atoms with Gasteiger partial charge in [-0.15, -0.1) is 11.8 Å². The number of benzene rings is 1. The van der Waals surface area contributed by atoms with Crippen molar-refractivity contribution in [3.63, 3.8) is 0 Å². The average Bonchev–Trinajstić information content (AvgIpc) is 2.45. The largest absolute Gasteiger partial charge is 0.355 e. The van der Waals surface area contributed by atoms with Gasteiger partial charge in [0.25, 0.3) is 0 Å². The normalized spacial score (nSPS) is 17.6. The minimum Gasteiger partial charge on any atom is -0.355 e. The molecule has 1 aromatic carbocycles. The van der Waals surface area contributed by atoms with Crippen molar-refractivity contribution in [3.05, 3.63) is 30.3 Å². The Bertz CT molecular complexity index is 416. The second-order valence-corrected chi connectivity index (χ2v) is 6.78. The van der Waals surface area contributed by atoms with Crippen molar-refractivity contribution in [3.8, 4) is 0 Å². The minimum absolute atomic E-state index is 0.100. The van der Waals surface area contributed by atoms with Crippen molar-refractivity contribution in [1.29, 1.82) is 0 Å². The van der Waals surface area contributed by atoms with E-state index in [1.807, 2.05) is 18.2 Å². The summed E-state index contributed by atoms with van der Waals surface area (Å²) in [6, 6.07) is 10.2. The smallest absolute Gasteiger partial charge is 0.221 e. The highest BCUT2D eigenvalue weighted by molar-refractivity contribution is 7.99. The van der Waals surface area contributed by atoms with Crippen LogP contribution in [-0.4, -0.2) is 23.7 Å². The molecule has 0 bridgehead atoms. The highest BCUT2D eigenvalue weighted by atomic mass is 32.2. The van der Waals surface area contributed by atoms with Gasteiger partial charge in [-0.3, -0.25) is 4.79 Å². The molecule has 1 aliphatic carbocycles. The first-order valence-corrected chi connectivity index (χ1v) is 8.40. The van der Waals surface area contributed by atoms with Gasteiger partial charge in [0.1, 0.15) is 0 Å². The molecule has 0 aromatic heterocycles. The quantitative estimate of drug-likeness (QED) is 0.626. The van der Waals surface area contributed by atoms with Crippen molar-refractivity contribution in [2.24, 2.45) is 5.73 Å². The van der Waals surface area contributed by atoms with E-state index in [2.05, 4.69) is 17.4 Å². The van der Waals surface area contributed by atoms with Gasteiger partial charge < -0.3 is 11.1 Å². The Morgan fingerprint density at radius 3 is 2.60 bits per heavy atom. The van der Waals surface area contributed by atoms with Crippen LogP contribution < -0.4 is 11.1 Å². The van der Waals surface area contributed by atoms with E-state index in [1.54, 1.807) is 11.8 Å². The fourth-order valence-corrected chi connectivity index (χ4v) is 3.48. The van der Waals surface area contributed by atoms with Gasteiger partial charge in [-0.05, 0) is 25.0 Å². The molecule has 0 atom stereocenters. The van der Waals surface area contributed by atoms with E-state index in [0.717, 1.165) is 31.4 Å². The second kappa shape index (κ2) is 7.70. The third-order valence-corrected chi connectivity index (χ3v) is 4.81. The average molecular weight is 292 g/mol. The molecule has 0 aliphatic heterocycles. The summed E-state index contributed by atoms with van der Waals surface area (Å²) in [7, 11) is 0. The molecular formula is C16H24N2OS. The van der Waals surface area contributed by atoms with E-state index >= 15 is 0 Å². The number of carbonyl (C=O) groups excluding carboxylic acids is 1. The van der Waals surface area contributed by atoms with Crippen LogP contribution in [0.2, 0.25) is 0 Å². The highest BCUT2D eigenvalue weighted by Gasteiger charge is 2.29. The lowest BCUT2D eigenvalue weighted by atomic mass is 9.80. The first kappa shape index (κ1) is 15.4. The molecule has 0 radical (unpaired) electrons. The van der Waals surface area contributed by atoms with Crippen molar-refractivity contribution in [2.45, 2.75) is 49.0 Å². The van der Waals surface area contributed by atoms with Gasteiger partial charge in [0.15, 0.2) is 0 Å². The standard InChI is InChI=1S/C16H24N2OS/c17-16(9-5-2-6-10-16)13-15(19)18-11-12-20-14-7-3-1-4-8-14/h1,3-4,7-8H,2,5-6,9-13,17H2,(H,18,19). The molecule has 3 nitrogen and oxygen atoms in total. The van der Waals surface area contributed by atoms with Crippen LogP contribution in [-0.2, 0) is 4.79 Å². The second-order valence-electron chi connectivity index (χ2n) is 5.61. The lowest BCUT2D eigenvalue weighted by Gasteiger charge is -2.32. The Labute approximate surface area is 125 Å². The maximum absolute atomic E-state index is 11.9. The molecule has 2 rings (SSSR count). The fourth-order valence-electron chi connectivity index (χ4n) is 2.69. The third-order valence-electron chi connectivity index (χ3n) is 3.80. The number of hydrogen-bond acceptors (Lipinski definition) is 3. The van der Waals surface area contributed by atoms with Gasteiger partial charge in [-0.1, -0.05) is 37.5 Å². The van der Waals surface area contributed by atoms with E-state index in [0.29, 0.717) is 13.0 Å². The summed E-state index contributed by atoms with van der Waals surface area (Å²) in [6.45, 7) is 0.703. The summed E-state index contributed by atoms with van der Waals surface area (Å²) in [5.74, 6) is 0.996. The van der Waals surface area contributed by atoms with Crippen molar-refractivity contribution < 1.29 is 4.79 Å². The monoisotopic (exact) mass is 292 g/mol. The molecule has 1 aromatic rings. The molecule has 1 aliphatic rings. The van der Waals surface area contributed by atoms with E-state index in [4.69, 9.17) is 5.73 Å². The maximum Gasteiger partial charge on any atom is 0.221 e. The summed E-state index contributed by atoms with van der Waals surface area (Å²) < 4.78 is 0. The van der Waals surface area contributed by atoms with Crippen LogP contribution in [0.15, 0.2) is 35.2 Å². The van der Waals surface area contributed by atoms with E-state index < -0.39 is 0 Å². The van der Waals surface area contributed by atoms with Crippen LogP contribution in [0.1, 0.15) is 38.5 Å². The zero-order valence-corrected chi connectivity index (χ0v) is 12.8. The predicted octanol–water partition coefficient (Wildman–Crippen LogP) is 2.95. The molecule has 0 spiro atoms. The van der Waals surface area contributed by atoms with Crippen molar-refractivity contribution in [2.75, 3.05) is 12.3 Å². The van der Waals surface area contributed by atoms with Gasteiger partial charge >= 0.3 is 0 Å². The van der Waals surface area contributed by atoms with Crippen LogP contribution in [0.5, 0.6) is 0 Å². The minimum atomic E-state index is -0.255. The summed E-state index contributed by atoms with van der Waals surface area (Å²) in [4.78, 5) is 13.2. The Morgan fingerprint density at radius 2 is 1.90 bits per heavy atom. The number of amides is 1. The maximum atomic E-state index is 11.9. The lowest BCUT2D eigenvalue weighted by Crippen LogP contribution is -2.46. The molecule has 3 N–H and O–H groups in total. The predicted molar refractivity (Wildman–Crippen MR) is 84.8 cm³/mol. The first-order valence-electron chi connectivity index (χ1n) is 7.41. The molecule has 1 amide bonds. The van der Waals surface area contributed by atoms with Crippen molar-refractivity contribution in [1.82, 2.24) is 5.32 Å². The zero-order valence-electron chi connectivity index (χ0n) is 11.9. The van der Waals surface area contributed by atoms with Crippen LogP contribution >= 0.6 is 11.8 Å². The van der Waals surface area contributed by atoms with Gasteiger partial charge in [0.05, 0.1) is 0 Å². The number of nitrogens with one attached hydrogen (secondary N) is 1. The number of hydrogen-bond donors (Lipinski definition) is 2. The summed E-state index contributed by atoms with van der Waals surface area (Å²) in [5.41, 5.74) is 6.03. The van der Waals surface area contributed by atoms with E-state index in [9.17, 15) is 4.79 Å². The van der Waals surface area contributed by atoms with Gasteiger partial charge in [-0.25, -0.2) is 0 Å².